The Labute approximate surface area is 119 Å². The Kier molecular flexibility index (Phi) is 4.63. The van der Waals surface area contributed by atoms with Crippen LogP contribution in [-0.4, -0.2) is 30.4 Å². The second-order valence-corrected chi connectivity index (χ2v) is 4.72. The number of nitrogens with one attached hydrogen (secondary N) is 1. The highest BCUT2D eigenvalue weighted by Crippen LogP contribution is 2.28. The molecule has 0 aliphatic heterocycles. The molecule has 108 valence electrons. The van der Waals surface area contributed by atoms with Crippen LogP contribution in [0.3, 0.4) is 0 Å². The van der Waals surface area contributed by atoms with Crippen LogP contribution in [0.4, 0.5) is 11.6 Å². The summed E-state index contributed by atoms with van der Waals surface area (Å²) in [6.45, 7) is 5.43. The zero-order chi connectivity index (χ0) is 14.5. The van der Waals surface area contributed by atoms with Gasteiger partial charge in [-0.15, -0.1) is 0 Å². The van der Waals surface area contributed by atoms with Crippen LogP contribution in [0.15, 0.2) is 24.4 Å². The van der Waals surface area contributed by atoms with Crippen molar-refractivity contribution in [1.82, 2.24) is 9.55 Å². The fourth-order valence-corrected chi connectivity index (χ4v) is 2.05. The van der Waals surface area contributed by atoms with Crippen LogP contribution in [0.25, 0.3) is 0 Å². The molecule has 1 heterocycles. The Bertz CT molecular complexity index is 578. The summed E-state index contributed by atoms with van der Waals surface area (Å²) < 4.78 is 12.5. The minimum absolute atomic E-state index is 0.648. The molecular formula is C15H21N3O2. The fourth-order valence-electron chi connectivity index (χ4n) is 2.05. The van der Waals surface area contributed by atoms with Crippen molar-refractivity contribution >= 4 is 11.6 Å². The average Bonchev–Trinajstić information content (AvgIpc) is 2.77. The molecule has 0 aliphatic rings. The van der Waals surface area contributed by atoms with Gasteiger partial charge in [0.1, 0.15) is 5.75 Å². The molecule has 0 radical (unpaired) electrons. The van der Waals surface area contributed by atoms with Gasteiger partial charge >= 0.3 is 0 Å². The lowest BCUT2D eigenvalue weighted by molar-refractivity contribution is 0.188. The third-order valence-corrected chi connectivity index (χ3v) is 3.03. The number of aryl methyl sites for hydroxylation is 2. The molecule has 20 heavy (non-hydrogen) atoms. The maximum Gasteiger partial charge on any atom is 0.207 e. The number of nitrogens with zero attached hydrogens (tertiary/aromatic N) is 2. The molecule has 0 atom stereocenters. The smallest absolute Gasteiger partial charge is 0.207 e. The lowest BCUT2D eigenvalue weighted by Crippen LogP contribution is -2.07. The van der Waals surface area contributed by atoms with Crippen molar-refractivity contribution in [3.63, 3.8) is 0 Å². The number of aromatic nitrogens is 2. The van der Waals surface area contributed by atoms with Crippen LogP contribution in [0.5, 0.6) is 5.75 Å². The first-order valence-corrected chi connectivity index (χ1v) is 6.58. The number of benzene rings is 1. The van der Waals surface area contributed by atoms with Gasteiger partial charge in [-0.3, -0.25) is 0 Å². The van der Waals surface area contributed by atoms with Crippen LogP contribution in [0.1, 0.15) is 11.3 Å². The van der Waals surface area contributed by atoms with Gasteiger partial charge in [0.2, 0.25) is 5.95 Å². The first-order valence-electron chi connectivity index (χ1n) is 6.58. The molecule has 0 spiro atoms. The minimum Gasteiger partial charge on any atom is -0.495 e. The van der Waals surface area contributed by atoms with E-state index in [1.165, 1.54) is 5.56 Å². The molecule has 1 N–H and O–H groups in total. The molecule has 0 saturated carbocycles. The molecule has 5 heteroatoms. The predicted octanol–water partition coefficient (Wildman–Crippen LogP) is 2.90. The standard InChI is InChI=1S/C15H21N3O2/c1-11-5-6-14(20-4)13(9-11)17-15-16-12(2)10-18(15)7-8-19-3/h5-6,9-10H,7-8H2,1-4H3,(H,16,17). The summed E-state index contributed by atoms with van der Waals surface area (Å²) in [6.07, 6.45) is 2.00. The van der Waals surface area contributed by atoms with Gasteiger partial charge in [-0.1, -0.05) is 6.07 Å². The first kappa shape index (κ1) is 14.4. The highest BCUT2D eigenvalue weighted by atomic mass is 16.5. The third kappa shape index (κ3) is 3.30. The molecule has 0 saturated heterocycles. The Hall–Kier alpha value is -2.01. The second kappa shape index (κ2) is 6.43. The zero-order valence-electron chi connectivity index (χ0n) is 12.4. The van der Waals surface area contributed by atoms with Crippen molar-refractivity contribution < 1.29 is 9.47 Å². The van der Waals surface area contributed by atoms with Gasteiger partial charge in [0, 0.05) is 19.9 Å². The molecule has 2 rings (SSSR count). The van der Waals surface area contributed by atoms with Gasteiger partial charge in [-0.05, 0) is 31.5 Å². The van der Waals surface area contributed by atoms with E-state index in [1.807, 2.05) is 42.8 Å². The molecule has 0 amide bonds. The van der Waals surface area contributed by atoms with Crippen molar-refractivity contribution in [2.75, 3.05) is 26.1 Å². The number of ether oxygens (including phenoxy) is 2. The molecule has 5 nitrogen and oxygen atoms in total. The van der Waals surface area contributed by atoms with Crippen molar-refractivity contribution in [2.45, 2.75) is 20.4 Å². The second-order valence-electron chi connectivity index (χ2n) is 4.72. The number of imidazole rings is 1. The molecule has 1 aromatic heterocycles. The monoisotopic (exact) mass is 275 g/mol. The summed E-state index contributed by atoms with van der Waals surface area (Å²) in [7, 11) is 3.36. The maximum absolute atomic E-state index is 5.38. The Morgan fingerprint density at radius 2 is 2.05 bits per heavy atom. The summed E-state index contributed by atoms with van der Waals surface area (Å²) >= 11 is 0. The van der Waals surface area contributed by atoms with Crippen LogP contribution in [0.2, 0.25) is 0 Å². The summed E-state index contributed by atoms with van der Waals surface area (Å²) in [5.74, 6) is 1.60. The fraction of sp³-hybridized carbons (Fsp3) is 0.400. The number of methoxy groups -OCH3 is 2. The highest BCUT2D eigenvalue weighted by Gasteiger charge is 2.09. The normalized spacial score (nSPS) is 10.6. The first-order chi connectivity index (χ1) is 9.63. The van der Waals surface area contributed by atoms with Crippen molar-refractivity contribution in [3.05, 3.63) is 35.7 Å². The maximum atomic E-state index is 5.38. The Morgan fingerprint density at radius 3 is 2.75 bits per heavy atom. The van der Waals surface area contributed by atoms with E-state index >= 15 is 0 Å². The lowest BCUT2D eigenvalue weighted by Gasteiger charge is -2.13. The summed E-state index contributed by atoms with van der Waals surface area (Å²) in [5.41, 5.74) is 3.05. The van der Waals surface area contributed by atoms with E-state index in [9.17, 15) is 0 Å². The van der Waals surface area contributed by atoms with E-state index < -0.39 is 0 Å². The molecule has 1 aromatic carbocycles. The molecule has 0 bridgehead atoms. The molecular weight excluding hydrogens is 254 g/mol. The number of hydrogen-bond acceptors (Lipinski definition) is 4. The summed E-state index contributed by atoms with van der Waals surface area (Å²) in [6, 6.07) is 6.02. The number of hydrogen-bond donors (Lipinski definition) is 1. The van der Waals surface area contributed by atoms with E-state index in [-0.39, 0.29) is 0 Å². The molecule has 0 fully saturated rings. The summed E-state index contributed by atoms with van der Waals surface area (Å²) in [5, 5.41) is 3.33. The van der Waals surface area contributed by atoms with Gasteiger partial charge in [0.05, 0.1) is 25.1 Å². The predicted molar refractivity (Wildman–Crippen MR) is 79.9 cm³/mol. The van der Waals surface area contributed by atoms with Crippen LogP contribution in [-0.2, 0) is 11.3 Å². The van der Waals surface area contributed by atoms with Crippen molar-refractivity contribution in [3.8, 4) is 5.75 Å². The van der Waals surface area contributed by atoms with Gasteiger partial charge in [-0.2, -0.15) is 0 Å². The van der Waals surface area contributed by atoms with E-state index in [1.54, 1.807) is 14.2 Å². The minimum atomic E-state index is 0.648. The van der Waals surface area contributed by atoms with E-state index in [0.717, 1.165) is 29.6 Å². The quantitative estimate of drug-likeness (QED) is 0.880. The zero-order valence-corrected chi connectivity index (χ0v) is 12.4. The topological polar surface area (TPSA) is 48.3 Å². The average molecular weight is 275 g/mol. The van der Waals surface area contributed by atoms with E-state index in [0.29, 0.717) is 6.61 Å². The van der Waals surface area contributed by atoms with Gasteiger partial charge < -0.3 is 19.4 Å². The van der Waals surface area contributed by atoms with Crippen LogP contribution < -0.4 is 10.1 Å². The Balaban J connectivity index is 2.27. The third-order valence-electron chi connectivity index (χ3n) is 3.03. The summed E-state index contributed by atoms with van der Waals surface area (Å²) in [4.78, 5) is 4.50. The highest BCUT2D eigenvalue weighted by molar-refractivity contribution is 5.64. The van der Waals surface area contributed by atoms with Gasteiger partial charge in [0.15, 0.2) is 0 Å². The largest absolute Gasteiger partial charge is 0.495 e. The Morgan fingerprint density at radius 1 is 1.25 bits per heavy atom. The van der Waals surface area contributed by atoms with Crippen molar-refractivity contribution in [2.24, 2.45) is 0 Å². The number of anilines is 2. The van der Waals surface area contributed by atoms with Gasteiger partial charge in [-0.25, -0.2) is 4.98 Å². The number of rotatable bonds is 6. The van der Waals surface area contributed by atoms with Gasteiger partial charge in [0.25, 0.3) is 0 Å². The van der Waals surface area contributed by atoms with Crippen molar-refractivity contribution in [1.29, 1.82) is 0 Å². The van der Waals surface area contributed by atoms with E-state index in [4.69, 9.17) is 9.47 Å². The SMILES string of the molecule is COCCn1cc(C)nc1Nc1cc(C)ccc1OC. The van der Waals surface area contributed by atoms with Crippen LogP contribution in [0, 0.1) is 13.8 Å². The van der Waals surface area contributed by atoms with E-state index in [2.05, 4.69) is 10.3 Å². The molecule has 2 aromatic rings. The lowest BCUT2D eigenvalue weighted by atomic mass is 10.2. The molecule has 0 aliphatic carbocycles. The molecule has 0 unspecified atom stereocenters. The van der Waals surface area contributed by atoms with Crippen LogP contribution >= 0.6 is 0 Å².